The van der Waals surface area contributed by atoms with Crippen LogP contribution in [0.25, 0.3) is 0 Å². The molecular weight excluding hydrogens is 423 g/mol. The molecule has 2 aromatic carbocycles. The van der Waals surface area contributed by atoms with Crippen LogP contribution in [0.1, 0.15) is 62.0 Å². The minimum Gasteiger partial charge on any atom is -0.494 e. The van der Waals surface area contributed by atoms with E-state index in [1.54, 1.807) is 11.0 Å². The summed E-state index contributed by atoms with van der Waals surface area (Å²) < 4.78 is 24.5. The molecule has 2 aromatic rings. The van der Waals surface area contributed by atoms with Crippen molar-refractivity contribution in [2.24, 2.45) is 5.92 Å². The number of methoxy groups -OCH3 is 1. The lowest BCUT2D eigenvalue weighted by Crippen LogP contribution is -2.42. The van der Waals surface area contributed by atoms with E-state index in [0.29, 0.717) is 19.0 Å². The number of rotatable bonds is 6. The first kappa shape index (κ1) is 24.6. The van der Waals surface area contributed by atoms with E-state index in [4.69, 9.17) is 9.47 Å². The maximum atomic E-state index is 14.1. The second-order valence-corrected chi connectivity index (χ2v) is 9.43. The van der Waals surface area contributed by atoms with E-state index in [9.17, 15) is 14.0 Å². The highest BCUT2D eigenvalue weighted by molar-refractivity contribution is 5.94. The van der Waals surface area contributed by atoms with Gasteiger partial charge in [0.05, 0.1) is 13.2 Å². The van der Waals surface area contributed by atoms with E-state index >= 15 is 0 Å². The van der Waals surface area contributed by atoms with Crippen molar-refractivity contribution in [1.82, 2.24) is 10.2 Å². The number of hydrogen-bond acceptors (Lipinski definition) is 4. The standard InChI is InChI=1S/C26H33FN2O4/c1-26(2,3)33-25(31)29-14-12-18(13-15-29)16-22(19-8-6-5-7-9-19)28-24(30)20-10-11-23(32-4)21(27)17-20/h5-11,17-18,22H,12-16H2,1-4H3,(H,28,30). The maximum Gasteiger partial charge on any atom is 0.410 e. The van der Waals surface area contributed by atoms with Crippen LogP contribution in [0.15, 0.2) is 48.5 Å². The number of hydrogen-bond donors (Lipinski definition) is 1. The second-order valence-electron chi connectivity index (χ2n) is 9.43. The van der Waals surface area contributed by atoms with Crippen molar-refractivity contribution in [2.45, 2.75) is 51.7 Å². The van der Waals surface area contributed by atoms with Gasteiger partial charge in [0, 0.05) is 18.7 Å². The fraction of sp³-hybridized carbons (Fsp3) is 0.462. The van der Waals surface area contributed by atoms with Crippen molar-refractivity contribution in [2.75, 3.05) is 20.2 Å². The van der Waals surface area contributed by atoms with E-state index in [-0.39, 0.29) is 29.4 Å². The molecule has 0 saturated carbocycles. The van der Waals surface area contributed by atoms with Crippen LogP contribution in [0.4, 0.5) is 9.18 Å². The molecule has 0 spiro atoms. The summed E-state index contributed by atoms with van der Waals surface area (Å²) in [6, 6.07) is 13.7. The molecule has 1 heterocycles. The maximum absolute atomic E-state index is 14.1. The van der Waals surface area contributed by atoms with Crippen LogP contribution in [0.3, 0.4) is 0 Å². The Morgan fingerprint density at radius 2 is 1.79 bits per heavy atom. The zero-order valence-electron chi connectivity index (χ0n) is 19.8. The Morgan fingerprint density at radius 1 is 1.12 bits per heavy atom. The highest BCUT2D eigenvalue weighted by Crippen LogP contribution is 2.29. The van der Waals surface area contributed by atoms with E-state index in [2.05, 4.69) is 5.32 Å². The van der Waals surface area contributed by atoms with Gasteiger partial charge < -0.3 is 19.7 Å². The van der Waals surface area contributed by atoms with Crippen molar-refractivity contribution in [1.29, 1.82) is 0 Å². The highest BCUT2D eigenvalue weighted by Gasteiger charge is 2.29. The minimum absolute atomic E-state index is 0.0999. The molecule has 0 radical (unpaired) electrons. The highest BCUT2D eigenvalue weighted by atomic mass is 19.1. The van der Waals surface area contributed by atoms with Gasteiger partial charge in [0.25, 0.3) is 5.91 Å². The Balaban J connectivity index is 1.66. The van der Waals surface area contributed by atoms with Gasteiger partial charge in [-0.05, 0) is 69.7 Å². The smallest absolute Gasteiger partial charge is 0.410 e. The molecule has 3 rings (SSSR count). The zero-order chi connectivity index (χ0) is 24.0. The van der Waals surface area contributed by atoms with Crippen LogP contribution in [0.5, 0.6) is 5.75 Å². The molecule has 1 atom stereocenters. The summed E-state index contributed by atoms with van der Waals surface area (Å²) in [4.78, 5) is 27.0. The summed E-state index contributed by atoms with van der Waals surface area (Å²) in [6.07, 6.45) is 2.11. The summed E-state index contributed by atoms with van der Waals surface area (Å²) in [7, 11) is 1.39. The number of amides is 2. The van der Waals surface area contributed by atoms with Gasteiger partial charge in [0.15, 0.2) is 11.6 Å². The van der Waals surface area contributed by atoms with Crippen LogP contribution < -0.4 is 10.1 Å². The van der Waals surface area contributed by atoms with E-state index in [1.807, 2.05) is 51.1 Å². The van der Waals surface area contributed by atoms with Crippen LogP contribution >= 0.6 is 0 Å². The van der Waals surface area contributed by atoms with E-state index in [1.165, 1.54) is 19.2 Å². The largest absolute Gasteiger partial charge is 0.494 e. The Hall–Kier alpha value is -3.09. The van der Waals surface area contributed by atoms with Crippen molar-refractivity contribution in [3.8, 4) is 5.75 Å². The van der Waals surface area contributed by atoms with Gasteiger partial charge >= 0.3 is 6.09 Å². The summed E-state index contributed by atoms with van der Waals surface area (Å²) in [5, 5.41) is 3.07. The van der Waals surface area contributed by atoms with Gasteiger partial charge in [0.1, 0.15) is 5.60 Å². The number of piperidine rings is 1. The predicted molar refractivity (Wildman–Crippen MR) is 125 cm³/mol. The molecule has 0 aromatic heterocycles. The predicted octanol–water partition coefficient (Wildman–Crippen LogP) is 5.34. The molecule has 7 heteroatoms. The Bertz CT molecular complexity index is 951. The van der Waals surface area contributed by atoms with Crippen molar-refractivity contribution in [3.63, 3.8) is 0 Å². The van der Waals surface area contributed by atoms with Crippen LogP contribution in [-0.2, 0) is 4.74 Å². The molecule has 1 saturated heterocycles. The first-order valence-corrected chi connectivity index (χ1v) is 11.3. The molecule has 0 bridgehead atoms. The van der Waals surface area contributed by atoms with Gasteiger partial charge in [-0.25, -0.2) is 9.18 Å². The van der Waals surface area contributed by atoms with Gasteiger partial charge in [-0.2, -0.15) is 0 Å². The van der Waals surface area contributed by atoms with Gasteiger partial charge in [0.2, 0.25) is 0 Å². The number of carbonyl (C=O) groups is 2. The lowest BCUT2D eigenvalue weighted by molar-refractivity contribution is 0.0178. The summed E-state index contributed by atoms with van der Waals surface area (Å²) in [5.41, 5.74) is 0.723. The Morgan fingerprint density at radius 3 is 2.36 bits per heavy atom. The summed E-state index contributed by atoms with van der Waals surface area (Å²) in [6.45, 7) is 6.83. The number of likely N-dealkylation sites (tertiary alicyclic amines) is 1. The van der Waals surface area contributed by atoms with Crippen molar-refractivity contribution >= 4 is 12.0 Å². The third-order valence-corrected chi connectivity index (χ3v) is 5.76. The molecule has 33 heavy (non-hydrogen) atoms. The number of nitrogens with zero attached hydrogens (tertiary/aromatic N) is 1. The molecule has 178 valence electrons. The SMILES string of the molecule is COc1ccc(C(=O)NC(CC2CCN(C(=O)OC(C)(C)C)CC2)c2ccccc2)cc1F. The molecule has 1 aliphatic heterocycles. The minimum atomic E-state index is -0.573. The van der Waals surface area contributed by atoms with Crippen LogP contribution in [0, 0.1) is 11.7 Å². The first-order chi connectivity index (χ1) is 15.7. The van der Waals surface area contributed by atoms with Crippen LogP contribution in [-0.4, -0.2) is 42.7 Å². The first-order valence-electron chi connectivity index (χ1n) is 11.3. The number of ether oxygens (including phenoxy) is 2. The number of carbonyl (C=O) groups excluding carboxylic acids is 2. The molecule has 1 fully saturated rings. The van der Waals surface area contributed by atoms with E-state index in [0.717, 1.165) is 24.8 Å². The third-order valence-electron chi connectivity index (χ3n) is 5.76. The topological polar surface area (TPSA) is 67.9 Å². The van der Waals surface area contributed by atoms with Gasteiger partial charge in [-0.15, -0.1) is 0 Å². The molecular formula is C26H33FN2O4. The summed E-state index contributed by atoms with van der Waals surface area (Å²) >= 11 is 0. The van der Waals surface area contributed by atoms with Crippen molar-refractivity contribution in [3.05, 3.63) is 65.5 Å². The van der Waals surface area contributed by atoms with Gasteiger partial charge in [-0.1, -0.05) is 30.3 Å². The molecule has 1 N–H and O–H groups in total. The quantitative estimate of drug-likeness (QED) is 0.637. The number of benzene rings is 2. The van der Waals surface area contributed by atoms with Crippen molar-refractivity contribution < 1.29 is 23.5 Å². The Labute approximate surface area is 195 Å². The number of nitrogens with one attached hydrogen (secondary N) is 1. The Kier molecular flexibility index (Phi) is 7.95. The summed E-state index contributed by atoms with van der Waals surface area (Å²) in [5.74, 6) is -0.475. The lowest BCUT2D eigenvalue weighted by atomic mass is 9.87. The fourth-order valence-electron chi connectivity index (χ4n) is 4.02. The molecule has 0 aliphatic carbocycles. The van der Waals surface area contributed by atoms with Crippen LogP contribution in [0.2, 0.25) is 0 Å². The molecule has 6 nitrogen and oxygen atoms in total. The molecule has 1 aliphatic rings. The monoisotopic (exact) mass is 456 g/mol. The lowest BCUT2D eigenvalue weighted by Gasteiger charge is -2.35. The molecule has 2 amide bonds. The second kappa shape index (κ2) is 10.7. The normalized spacial score (nSPS) is 15.6. The average molecular weight is 457 g/mol. The third kappa shape index (κ3) is 6.94. The van der Waals surface area contributed by atoms with E-state index < -0.39 is 11.4 Å². The average Bonchev–Trinajstić information content (AvgIpc) is 2.78. The van der Waals surface area contributed by atoms with Gasteiger partial charge in [-0.3, -0.25) is 4.79 Å². The number of halogens is 1. The molecule has 1 unspecified atom stereocenters. The zero-order valence-corrected chi connectivity index (χ0v) is 19.8. The fourth-order valence-corrected chi connectivity index (χ4v) is 4.02.